The van der Waals surface area contributed by atoms with Crippen LogP contribution < -0.4 is 4.74 Å². The molecule has 3 heteroatoms. The molecule has 27 heavy (non-hydrogen) atoms. The van der Waals surface area contributed by atoms with Gasteiger partial charge in [-0.15, -0.1) is 0 Å². The predicted octanol–water partition coefficient (Wildman–Crippen LogP) is 6.63. The number of hydrogen-bond donors (Lipinski definition) is 1. The summed E-state index contributed by atoms with van der Waals surface area (Å²) in [6.07, 6.45) is 6.19. The molecule has 0 aromatic heterocycles. The summed E-state index contributed by atoms with van der Waals surface area (Å²) in [6.45, 7) is 11.6. The molecule has 0 saturated carbocycles. The third-order valence-electron chi connectivity index (χ3n) is 5.02. The molecule has 0 fully saturated rings. The second-order valence-corrected chi connectivity index (χ2v) is 7.86. The lowest BCUT2D eigenvalue weighted by Gasteiger charge is -2.33. The first-order chi connectivity index (χ1) is 13.0. The highest BCUT2D eigenvalue weighted by molar-refractivity contribution is 6.09. The van der Waals surface area contributed by atoms with Crippen molar-refractivity contribution >= 4 is 16.6 Å². The lowest BCUT2D eigenvalue weighted by atomic mass is 10.0. The third kappa shape index (κ3) is 5.47. The van der Waals surface area contributed by atoms with E-state index >= 15 is 0 Å². The van der Waals surface area contributed by atoms with Gasteiger partial charge >= 0.3 is 0 Å². The Bertz CT molecular complexity index is 728. The lowest BCUT2D eigenvalue weighted by molar-refractivity contribution is 0.291. The van der Waals surface area contributed by atoms with E-state index in [2.05, 4.69) is 57.7 Å². The summed E-state index contributed by atoms with van der Waals surface area (Å²) >= 11 is 0. The summed E-state index contributed by atoms with van der Waals surface area (Å²) in [6, 6.07) is 13.0. The minimum Gasteiger partial charge on any atom is -0.493 e. The van der Waals surface area contributed by atoms with Gasteiger partial charge in [-0.1, -0.05) is 56.9 Å². The van der Waals surface area contributed by atoms with E-state index in [0.717, 1.165) is 35.1 Å². The maximum Gasteiger partial charge on any atom is 0.129 e. The van der Waals surface area contributed by atoms with Gasteiger partial charge in [0.2, 0.25) is 0 Å². The number of nitrogens with zero attached hydrogens (tertiary/aromatic N) is 1. The zero-order valence-corrected chi connectivity index (χ0v) is 17.7. The van der Waals surface area contributed by atoms with Crippen molar-refractivity contribution in [2.24, 2.45) is 0 Å². The molecule has 0 spiro atoms. The van der Waals surface area contributed by atoms with Gasteiger partial charge in [-0.05, 0) is 51.6 Å². The predicted molar refractivity (Wildman–Crippen MR) is 117 cm³/mol. The van der Waals surface area contributed by atoms with Crippen molar-refractivity contribution < 1.29 is 4.74 Å². The van der Waals surface area contributed by atoms with Crippen LogP contribution in [0.1, 0.15) is 72.3 Å². The average Bonchev–Trinajstić information content (AvgIpc) is 2.63. The maximum absolute atomic E-state index is 8.82. The second-order valence-electron chi connectivity index (χ2n) is 7.86. The topological polar surface area (TPSA) is 36.3 Å². The Morgan fingerprint density at radius 2 is 1.52 bits per heavy atom. The first kappa shape index (κ1) is 21.3. The van der Waals surface area contributed by atoms with Crippen LogP contribution in [0.25, 0.3) is 10.8 Å². The SMILES string of the molecule is CCCCCCCOc1ccc(C(=N)N(C(C)C)C(C)C)c2ccccc12. The number of unbranched alkanes of at least 4 members (excludes halogenated alkanes) is 4. The van der Waals surface area contributed by atoms with Crippen LogP contribution in [0.15, 0.2) is 36.4 Å². The van der Waals surface area contributed by atoms with Crippen LogP contribution in [-0.4, -0.2) is 29.4 Å². The maximum atomic E-state index is 8.82. The highest BCUT2D eigenvalue weighted by atomic mass is 16.5. The minimum atomic E-state index is 0.287. The number of rotatable bonds is 10. The van der Waals surface area contributed by atoms with E-state index in [-0.39, 0.29) is 12.1 Å². The number of hydrogen-bond acceptors (Lipinski definition) is 2. The zero-order valence-electron chi connectivity index (χ0n) is 17.7. The Balaban J connectivity index is 2.22. The molecular formula is C24H36N2O. The molecule has 148 valence electrons. The van der Waals surface area contributed by atoms with Crippen molar-refractivity contribution in [1.29, 1.82) is 5.41 Å². The lowest BCUT2D eigenvalue weighted by Crippen LogP contribution is -2.42. The molecule has 0 aliphatic heterocycles. The Labute approximate surface area is 165 Å². The molecule has 3 nitrogen and oxygen atoms in total. The van der Waals surface area contributed by atoms with Crippen LogP contribution in [0, 0.1) is 5.41 Å². The van der Waals surface area contributed by atoms with E-state index in [4.69, 9.17) is 10.1 Å². The van der Waals surface area contributed by atoms with Crippen molar-refractivity contribution in [2.45, 2.75) is 78.8 Å². The van der Waals surface area contributed by atoms with Gasteiger partial charge in [0.15, 0.2) is 0 Å². The number of fused-ring (bicyclic) bond motifs is 1. The molecule has 2 rings (SSSR count). The third-order valence-corrected chi connectivity index (χ3v) is 5.02. The van der Waals surface area contributed by atoms with Crippen LogP contribution in [0.2, 0.25) is 0 Å². The van der Waals surface area contributed by atoms with Crippen LogP contribution in [0.3, 0.4) is 0 Å². The summed E-state index contributed by atoms with van der Waals surface area (Å²) in [7, 11) is 0. The fraction of sp³-hybridized carbons (Fsp3) is 0.542. The van der Waals surface area contributed by atoms with Crippen LogP contribution in [0.4, 0.5) is 0 Å². The molecule has 1 N–H and O–H groups in total. The first-order valence-electron chi connectivity index (χ1n) is 10.5. The standard InChI is InChI=1S/C24H36N2O/c1-6-7-8-9-12-17-27-23-16-15-22(20-13-10-11-14-21(20)23)24(25)26(18(2)3)19(4)5/h10-11,13-16,18-19,25H,6-9,12,17H2,1-5H3. The zero-order chi connectivity index (χ0) is 19.8. The molecule has 0 atom stereocenters. The Morgan fingerprint density at radius 1 is 0.889 bits per heavy atom. The Hall–Kier alpha value is -2.03. The number of ether oxygens (including phenoxy) is 1. The molecule has 0 heterocycles. The summed E-state index contributed by atoms with van der Waals surface area (Å²) in [5.74, 6) is 1.51. The van der Waals surface area contributed by atoms with Gasteiger partial charge in [0.1, 0.15) is 11.6 Å². The molecular weight excluding hydrogens is 332 g/mol. The largest absolute Gasteiger partial charge is 0.493 e. The quantitative estimate of drug-likeness (QED) is 0.290. The Kier molecular flexibility index (Phi) is 8.15. The summed E-state index contributed by atoms with van der Waals surface area (Å²) < 4.78 is 6.11. The molecule has 0 radical (unpaired) electrons. The van der Waals surface area contributed by atoms with E-state index in [1.807, 2.05) is 18.2 Å². The molecule has 0 unspecified atom stereocenters. The van der Waals surface area contributed by atoms with Gasteiger partial charge in [0.05, 0.1) is 6.61 Å². The minimum absolute atomic E-state index is 0.287. The molecule has 0 saturated heterocycles. The van der Waals surface area contributed by atoms with Crippen LogP contribution in [-0.2, 0) is 0 Å². The normalized spacial score (nSPS) is 11.4. The highest BCUT2D eigenvalue weighted by Gasteiger charge is 2.20. The number of amidine groups is 1. The van der Waals surface area contributed by atoms with E-state index in [1.165, 1.54) is 25.7 Å². The van der Waals surface area contributed by atoms with Crippen molar-refractivity contribution in [3.63, 3.8) is 0 Å². The number of benzene rings is 2. The van der Waals surface area contributed by atoms with Crippen molar-refractivity contribution in [3.05, 3.63) is 42.0 Å². The Morgan fingerprint density at radius 3 is 2.15 bits per heavy atom. The highest BCUT2D eigenvalue weighted by Crippen LogP contribution is 2.30. The molecule has 0 bridgehead atoms. The van der Waals surface area contributed by atoms with E-state index in [0.29, 0.717) is 5.84 Å². The van der Waals surface area contributed by atoms with Gasteiger partial charge in [0.25, 0.3) is 0 Å². The van der Waals surface area contributed by atoms with Crippen LogP contribution >= 0.6 is 0 Å². The van der Waals surface area contributed by atoms with Gasteiger partial charge in [-0.25, -0.2) is 0 Å². The summed E-state index contributed by atoms with van der Waals surface area (Å²) in [4.78, 5) is 2.16. The van der Waals surface area contributed by atoms with Gasteiger partial charge in [-0.2, -0.15) is 0 Å². The van der Waals surface area contributed by atoms with Gasteiger partial charge in [-0.3, -0.25) is 5.41 Å². The first-order valence-corrected chi connectivity index (χ1v) is 10.5. The number of nitrogens with one attached hydrogen (secondary N) is 1. The van der Waals surface area contributed by atoms with Crippen molar-refractivity contribution in [2.75, 3.05) is 6.61 Å². The van der Waals surface area contributed by atoms with E-state index in [1.54, 1.807) is 0 Å². The van der Waals surface area contributed by atoms with Gasteiger partial charge in [0, 0.05) is 23.0 Å². The van der Waals surface area contributed by atoms with Crippen molar-refractivity contribution in [3.8, 4) is 5.75 Å². The molecule has 0 aliphatic rings. The fourth-order valence-electron chi connectivity index (χ4n) is 3.74. The smallest absolute Gasteiger partial charge is 0.129 e. The molecule has 0 aliphatic carbocycles. The van der Waals surface area contributed by atoms with E-state index in [9.17, 15) is 0 Å². The molecule has 2 aromatic carbocycles. The molecule has 2 aromatic rings. The van der Waals surface area contributed by atoms with Gasteiger partial charge < -0.3 is 9.64 Å². The average molecular weight is 369 g/mol. The van der Waals surface area contributed by atoms with Crippen LogP contribution in [0.5, 0.6) is 5.75 Å². The fourth-order valence-corrected chi connectivity index (χ4v) is 3.74. The molecule has 0 amide bonds. The second kappa shape index (κ2) is 10.3. The summed E-state index contributed by atoms with van der Waals surface area (Å²) in [5.41, 5.74) is 0.975. The monoisotopic (exact) mass is 368 g/mol. The summed E-state index contributed by atoms with van der Waals surface area (Å²) in [5, 5.41) is 11.0. The van der Waals surface area contributed by atoms with E-state index < -0.39 is 0 Å². The van der Waals surface area contributed by atoms with Crippen molar-refractivity contribution in [1.82, 2.24) is 4.90 Å².